The summed E-state index contributed by atoms with van der Waals surface area (Å²) in [5.74, 6) is 0.326. The number of amides is 1. The first-order valence-electron chi connectivity index (χ1n) is 9.44. The standard InChI is InChI=1S/C24H20ClN3O2/c1-30-21-6-4-5-18(13-21)24(29)27-26-14-19-16-28(23-8-3-2-7-22(19)23)15-17-9-11-20(25)12-10-17/h2-14,16H,15H2,1H3,(H,27,29)/b26-14+. The summed E-state index contributed by atoms with van der Waals surface area (Å²) in [7, 11) is 1.56. The van der Waals surface area contributed by atoms with Crippen LogP contribution >= 0.6 is 11.6 Å². The number of ether oxygens (including phenoxy) is 1. The van der Waals surface area contributed by atoms with Crippen molar-refractivity contribution < 1.29 is 9.53 Å². The summed E-state index contributed by atoms with van der Waals surface area (Å²) in [6, 6.07) is 22.8. The largest absolute Gasteiger partial charge is 0.497 e. The molecule has 0 fully saturated rings. The molecule has 0 aliphatic rings. The molecule has 1 heterocycles. The SMILES string of the molecule is COc1cccc(C(=O)N/N=C/c2cn(Cc3ccc(Cl)cc3)c3ccccc23)c1. The molecule has 3 aromatic carbocycles. The fourth-order valence-corrected chi connectivity index (χ4v) is 3.41. The minimum absolute atomic E-state index is 0.296. The Morgan fingerprint density at radius 3 is 2.70 bits per heavy atom. The Labute approximate surface area is 179 Å². The van der Waals surface area contributed by atoms with Crippen LogP contribution in [0, 0.1) is 0 Å². The molecule has 1 aromatic heterocycles. The number of carbonyl (C=O) groups excluding carboxylic acids is 1. The van der Waals surface area contributed by atoms with Crippen LogP contribution in [0.2, 0.25) is 5.02 Å². The van der Waals surface area contributed by atoms with Crippen molar-refractivity contribution in [1.82, 2.24) is 9.99 Å². The molecule has 0 spiro atoms. The average Bonchev–Trinajstić information content (AvgIpc) is 3.13. The Balaban J connectivity index is 1.55. The minimum Gasteiger partial charge on any atom is -0.497 e. The molecule has 0 saturated carbocycles. The van der Waals surface area contributed by atoms with Crippen LogP contribution in [0.5, 0.6) is 5.75 Å². The maximum atomic E-state index is 12.3. The lowest BCUT2D eigenvalue weighted by atomic mass is 10.2. The second kappa shape index (κ2) is 8.84. The summed E-state index contributed by atoms with van der Waals surface area (Å²) in [5.41, 5.74) is 6.22. The third kappa shape index (κ3) is 4.36. The van der Waals surface area contributed by atoms with Crippen LogP contribution in [0.1, 0.15) is 21.5 Å². The molecule has 5 nitrogen and oxygen atoms in total. The number of rotatable bonds is 6. The highest BCUT2D eigenvalue weighted by atomic mass is 35.5. The molecular weight excluding hydrogens is 398 g/mol. The number of halogens is 1. The predicted molar refractivity (Wildman–Crippen MR) is 121 cm³/mol. The molecule has 0 saturated heterocycles. The number of para-hydroxylation sites is 1. The van der Waals surface area contributed by atoms with Gasteiger partial charge in [0.15, 0.2) is 0 Å². The molecule has 0 unspecified atom stereocenters. The molecule has 0 aliphatic heterocycles. The third-order valence-corrected chi connectivity index (χ3v) is 5.04. The van der Waals surface area contributed by atoms with Crippen LogP contribution in [-0.2, 0) is 6.54 Å². The van der Waals surface area contributed by atoms with Gasteiger partial charge in [-0.05, 0) is 42.0 Å². The number of benzene rings is 3. The Morgan fingerprint density at radius 1 is 1.10 bits per heavy atom. The quantitative estimate of drug-likeness (QED) is 0.350. The van der Waals surface area contributed by atoms with Gasteiger partial charge in [0.25, 0.3) is 5.91 Å². The minimum atomic E-state index is -0.296. The summed E-state index contributed by atoms with van der Waals surface area (Å²) in [6.45, 7) is 0.710. The topological polar surface area (TPSA) is 55.6 Å². The van der Waals surface area contributed by atoms with Crippen molar-refractivity contribution in [3.05, 3.63) is 101 Å². The molecule has 4 aromatic rings. The van der Waals surface area contributed by atoms with Crippen molar-refractivity contribution >= 4 is 34.6 Å². The maximum Gasteiger partial charge on any atom is 0.271 e. The van der Waals surface area contributed by atoms with E-state index < -0.39 is 0 Å². The van der Waals surface area contributed by atoms with E-state index in [1.54, 1.807) is 37.6 Å². The fourth-order valence-electron chi connectivity index (χ4n) is 3.28. The Hall–Kier alpha value is -3.57. The van der Waals surface area contributed by atoms with Gasteiger partial charge < -0.3 is 9.30 Å². The second-order valence-electron chi connectivity index (χ2n) is 6.79. The summed E-state index contributed by atoms with van der Waals surface area (Å²) >= 11 is 5.99. The Kier molecular flexibility index (Phi) is 5.82. The molecule has 0 bridgehead atoms. The van der Waals surface area contributed by atoms with Gasteiger partial charge in [0.05, 0.1) is 13.3 Å². The molecule has 0 aliphatic carbocycles. The number of fused-ring (bicyclic) bond motifs is 1. The van der Waals surface area contributed by atoms with Crippen LogP contribution in [0.25, 0.3) is 10.9 Å². The van der Waals surface area contributed by atoms with Crippen LogP contribution in [0.3, 0.4) is 0 Å². The third-order valence-electron chi connectivity index (χ3n) is 4.79. The zero-order chi connectivity index (χ0) is 20.9. The number of methoxy groups -OCH3 is 1. The number of hydrogen-bond donors (Lipinski definition) is 1. The van der Waals surface area contributed by atoms with Crippen molar-refractivity contribution in [3.63, 3.8) is 0 Å². The Bertz CT molecular complexity index is 1210. The molecule has 30 heavy (non-hydrogen) atoms. The van der Waals surface area contributed by atoms with Gasteiger partial charge in [-0.15, -0.1) is 0 Å². The van der Waals surface area contributed by atoms with Gasteiger partial charge in [-0.2, -0.15) is 5.10 Å². The number of carbonyl (C=O) groups is 1. The van der Waals surface area contributed by atoms with E-state index in [1.165, 1.54) is 0 Å². The molecule has 150 valence electrons. The number of hydrazone groups is 1. The highest BCUT2D eigenvalue weighted by Gasteiger charge is 2.08. The fraction of sp³-hybridized carbons (Fsp3) is 0.0833. The maximum absolute atomic E-state index is 12.3. The number of aromatic nitrogens is 1. The molecule has 0 radical (unpaired) electrons. The van der Waals surface area contributed by atoms with Crippen molar-refractivity contribution in [3.8, 4) is 5.75 Å². The normalized spacial score (nSPS) is 11.1. The average molecular weight is 418 g/mol. The monoisotopic (exact) mass is 417 g/mol. The first-order chi connectivity index (χ1) is 14.6. The van der Waals surface area contributed by atoms with E-state index in [0.29, 0.717) is 17.9 Å². The van der Waals surface area contributed by atoms with E-state index in [9.17, 15) is 4.79 Å². The van der Waals surface area contributed by atoms with Gasteiger partial charge in [-0.3, -0.25) is 4.79 Å². The predicted octanol–water partition coefficient (Wildman–Crippen LogP) is 5.12. The molecule has 1 N–H and O–H groups in total. The van der Waals surface area contributed by atoms with Gasteiger partial charge in [-0.1, -0.05) is 48.0 Å². The van der Waals surface area contributed by atoms with Gasteiger partial charge >= 0.3 is 0 Å². The summed E-state index contributed by atoms with van der Waals surface area (Å²) in [4.78, 5) is 12.3. The Morgan fingerprint density at radius 2 is 1.90 bits per heavy atom. The number of hydrogen-bond acceptors (Lipinski definition) is 3. The van der Waals surface area contributed by atoms with Gasteiger partial charge in [0.1, 0.15) is 5.75 Å². The van der Waals surface area contributed by atoms with Gasteiger partial charge in [-0.25, -0.2) is 5.43 Å². The van der Waals surface area contributed by atoms with Crippen molar-refractivity contribution in [2.24, 2.45) is 5.10 Å². The second-order valence-corrected chi connectivity index (χ2v) is 7.22. The highest BCUT2D eigenvalue weighted by Crippen LogP contribution is 2.22. The van der Waals surface area contributed by atoms with Gasteiger partial charge in [0.2, 0.25) is 0 Å². The van der Waals surface area contributed by atoms with Gasteiger partial charge in [0, 0.05) is 39.8 Å². The van der Waals surface area contributed by atoms with E-state index >= 15 is 0 Å². The summed E-state index contributed by atoms with van der Waals surface area (Å²) in [5, 5.41) is 5.94. The van der Waals surface area contributed by atoms with E-state index in [2.05, 4.69) is 21.2 Å². The lowest BCUT2D eigenvalue weighted by Crippen LogP contribution is -2.17. The van der Waals surface area contributed by atoms with Crippen LogP contribution in [0.4, 0.5) is 0 Å². The molecule has 0 atom stereocenters. The first-order valence-corrected chi connectivity index (χ1v) is 9.81. The molecular formula is C24H20ClN3O2. The van der Waals surface area contributed by atoms with E-state index in [-0.39, 0.29) is 5.91 Å². The van der Waals surface area contributed by atoms with Crippen molar-refractivity contribution in [2.75, 3.05) is 7.11 Å². The first kappa shape index (κ1) is 19.7. The zero-order valence-corrected chi connectivity index (χ0v) is 17.1. The zero-order valence-electron chi connectivity index (χ0n) is 16.4. The molecule has 6 heteroatoms. The van der Waals surface area contributed by atoms with E-state index in [0.717, 1.165) is 27.1 Å². The van der Waals surface area contributed by atoms with E-state index in [4.69, 9.17) is 16.3 Å². The number of nitrogens with zero attached hydrogens (tertiary/aromatic N) is 2. The van der Waals surface area contributed by atoms with E-state index in [1.807, 2.05) is 48.7 Å². The summed E-state index contributed by atoms with van der Waals surface area (Å²) in [6.07, 6.45) is 3.69. The van der Waals surface area contributed by atoms with Crippen molar-refractivity contribution in [2.45, 2.75) is 6.54 Å². The van der Waals surface area contributed by atoms with Crippen LogP contribution in [-0.4, -0.2) is 23.8 Å². The highest BCUT2D eigenvalue weighted by molar-refractivity contribution is 6.30. The summed E-state index contributed by atoms with van der Waals surface area (Å²) < 4.78 is 7.31. The molecule has 4 rings (SSSR count). The lowest BCUT2D eigenvalue weighted by molar-refractivity contribution is 0.0955. The van der Waals surface area contributed by atoms with Crippen LogP contribution < -0.4 is 10.2 Å². The van der Waals surface area contributed by atoms with Crippen molar-refractivity contribution in [1.29, 1.82) is 0 Å². The number of nitrogens with one attached hydrogen (secondary N) is 1. The lowest BCUT2D eigenvalue weighted by Gasteiger charge is -2.05. The van der Waals surface area contributed by atoms with Crippen LogP contribution in [0.15, 0.2) is 84.1 Å². The molecule has 1 amide bonds. The smallest absolute Gasteiger partial charge is 0.271 e.